The molecule has 3 N–H and O–H groups in total. The van der Waals surface area contributed by atoms with Crippen molar-refractivity contribution in [1.29, 1.82) is 0 Å². The van der Waals surface area contributed by atoms with E-state index < -0.39 is 0 Å². The molecule has 0 aliphatic heterocycles. The van der Waals surface area contributed by atoms with Crippen molar-refractivity contribution in [1.82, 2.24) is 5.43 Å². The highest BCUT2D eigenvalue weighted by Gasteiger charge is 2.19. The van der Waals surface area contributed by atoms with Gasteiger partial charge in [-0.3, -0.25) is 5.84 Å². The van der Waals surface area contributed by atoms with Crippen LogP contribution in [0.3, 0.4) is 0 Å². The number of fused-ring (bicyclic) bond motifs is 1. The lowest BCUT2D eigenvalue weighted by atomic mass is 10.2. The Morgan fingerprint density at radius 2 is 2.11 bits per heavy atom. The number of benzene rings is 1. The monoisotopic (exact) mass is 340 g/mol. The van der Waals surface area contributed by atoms with Gasteiger partial charge in [0.2, 0.25) is 0 Å². The minimum Gasteiger partial charge on any atom is -0.459 e. The summed E-state index contributed by atoms with van der Waals surface area (Å²) in [6.45, 7) is 0. The number of hydrogen-bond donors (Lipinski definition) is 2. The molecule has 0 bridgehead atoms. The molecule has 0 saturated heterocycles. The van der Waals surface area contributed by atoms with Crippen LogP contribution in [0.25, 0.3) is 11.0 Å². The predicted octanol–water partition coefficient (Wildman–Crippen LogP) is 3.95. The Morgan fingerprint density at radius 3 is 2.79 bits per heavy atom. The standard InChI is InChI=1S/C13H10BrFN2OS/c14-12-4-3-11(19-12)13(17-16)10-6-7-5-8(15)1-2-9(7)18-10/h1-6,13,17H,16H2. The third-order valence-corrected chi connectivity index (χ3v) is 4.52. The predicted molar refractivity (Wildman–Crippen MR) is 77.4 cm³/mol. The van der Waals surface area contributed by atoms with Crippen LogP contribution in [-0.2, 0) is 0 Å². The Labute approximate surface area is 121 Å². The van der Waals surface area contributed by atoms with Gasteiger partial charge in [-0.05, 0) is 52.3 Å². The van der Waals surface area contributed by atoms with E-state index in [1.165, 1.54) is 12.1 Å². The first-order valence-electron chi connectivity index (χ1n) is 5.58. The molecule has 0 amide bonds. The van der Waals surface area contributed by atoms with Gasteiger partial charge in [-0.25, -0.2) is 9.82 Å². The fraction of sp³-hybridized carbons (Fsp3) is 0.0769. The summed E-state index contributed by atoms with van der Waals surface area (Å²) < 4.78 is 19.9. The second-order valence-electron chi connectivity index (χ2n) is 4.07. The minimum atomic E-state index is -0.282. The second-order valence-corrected chi connectivity index (χ2v) is 6.57. The molecule has 3 nitrogen and oxygen atoms in total. The Balaban J connectivity index is 2.06. The molecule has 3 aromatic rings. The van der Waals surface area contributed by atoms with Crippen LogP contribution in [0.1, 0.15) is 16.7 Å². The topological polar surface area (TPSA) is 51.2 Å². The molecule has 0 spiro atoms. The summed E-state index contributed by atoms with van der Waals surface area (Å²) in [6.07, 6.45) is 0. The van der Waals surface area contributed by atoms with Crippen molar-refractivity contribution in [2.24, 2.45) is 5.84 Å². The van der Waals surface area contributed by atoms with Crippen molar-refractivity contribution in [3.05, 3.63) is 56.6 Å². The first kappa shape index (κ1) is 12.8. The van der Waals surface area contributed by atoms with E-state index in [0.29, 0.717) is 11.3 Å². The third-order valence-electron chi connectivity index (χ3n) is 2.83. The first-order valence-corrected chi connectivity index (χ1v) is 7.18. The van der Waals surface area contributed by atoms with Gasteiger partial charge in [0.05, 0.1) is 3.79 Å². The third kappa shape index (κ3) is 2.44. The molecule has 0 fully saturated rings. The van der Waals surface area contributed by atoms with Crippen LogP contribution in [0.2, 0.25) is 0 Å². The molecule has 0 radical (unpaired) electrons. The molecule has 1 aromatic carbocycles. The zero-order chi connectivity index (χ0) is 13.4. The number of hydrazine groups is 1. The highest BCUT2D eigenvalue weighted by atomic mass is 79.9. The molecule has 1 atom stereocenters. The van der Waals surface area contributed by atoms with E-state index in [2.05, 4.69) is 21.4 Å². The number of nitrogens with two attached hydrogens (primary N) is 1. The van der Waals surface area contributed by atoms with Gasteiger partial charge in [0.15, 0.2) is 0 Å². The van der Waals surface area contributed by atoms with Gasteiger partial charge in [-0.1, -0.05) is 0 Å². The molecule has 3 rings (SSSR count). The maximum Gasteiger partial charge on any atom is 0.134 e. The van der Waals surface area contributed by atoms with Crippen molar-refractivity contribution in [2.75, 3.05) is 0 Å². The average Bonchev–Trinajstić information content (AvgIpc) is 2.96. The largest absolute Gasteiger partial charge is 0.459 e. The van der Waals surface area contributed by atoms with E-state index in [0.717, 1.165) is 14.0 Å². The van der Waals surface area contributed by atoms with Gasteiger partial charge in [0.1, 0.15) is 23.2 Å². The molecular weight excluding hydrogens is 331 g/mol. The molecule has 0 aliphatic rings. The fourth-order valence-electron chi connectivity index (χ4n) is 1.96. The average molecular weight is 341 g/mol. The molecule has 0 saturated carbocycles. The molecule has 1 unspecified atom stereocenters. The lowest BCUT2D eigenvalue weighted by Crippen LogP contribution is -2.27. The number of thiophene rings is 1. The lowest BCUT2D eigenvalue weighted by molar-refractivity contribution is 0.481. The highest BCUT2D eigenvalue weighted by Crippen LogP contribution is 2.33. The van der Waals surface area contributed by atoms with E-state index >= 15 is 0 Å². The van der Waals surface area contributed by atoms with Crippen LogP contribution in [-0.4, -0.2) is 0 Å². The summed E-state index contributed by atoms with van der Waals surface area (Å²) >= 11 is 4.98. The van der Waals surface area contributed by atoms with Gasteiger partial charge in [-0.15, -0.1) is 11.3 Å². The lowest BCUT2D eigenvalue weighted by Gasteiger charge is -2.10. The van der Waals surface area contributed by atoms with Crippen LogP contribution in [0.4, 0.5) is 4.39 Å². The van der Waals surface area contributed by atoms with Crippen LogP contribution in [0.5, 0.6) is 0 Å². The summed E-state index contributed by atoms with van der Waals surface area (Å²) in [4.78, 5) is 1.02. The van der Waals surface area contributed by atoms with Crippen LogP contribution >= 0.6 is 27.3 Å². The Kier molecular flexibility index (Phi) is 3.40. The Morgan fingerprint density at radius 1 is 1.26 bits per heavy atom. The first-order chi connectivity index (χ1) is 9.17. The quantitative estimate of drug-likeness (QED) is 0.560. The van der Waals surface area contributed by atoms with Crippen molar-refractivity contribution in [2.45, 2.75) is 6.04 Å². The summed E-state index contributed by atoms with van der Waals surface area (Å²) in [7, 11) is 0. The van der Waals surface area contributed by atoms with Crippen molar-refractivity contribution < 1.29 is 8.81 Å². The van der Waals surface area contributed by atoms with E-state index in [1.54, 1.807) is 23.5 Å². The number of hydrogen-bond acceptors (Lipinski definition) is 4. The molecule has 2 aromatic heterocycles. The molecule has 2 heterocycles. The number of halogens is 2. The summed E-state index contributed by atoms with van der Waals surface area (Å²) in [5.74, 6) is 5.99. The summed E-state index contributed by atoms with van der Waals surface area (Å²) in [6, 6.07) is 9.91. The number of nitrogens with one attached hydrogen (secondary N) is 1. The van der Waals surface area contributed by atoms with Crippen LogP contribution in [0.15, 0.2) is 44.6 Å². The summed E-state index contributed by atoms with van der Waals surface area (Å²) in [5.41, 5.74) is 3.37. The van der Waals surface area contributed by atoms with Gasteiger partial charge < -0.3 is 4.42 Å². The maximum atomic E-state index is 13.2. The highest BCUT2D eigenvalue weighted by molar-refractivity contribution is 9.11. The smallest absolute Gasteiger partial charge is 0.134 e. The van der Waals surface area contributed by atoms with E-state index in [4.69, 9.17) is 10.3 Å². The second kappa shape index (κ2) is 5.05. The van der Waals surface area contributed by atoms with E-state index in [-0.39, 0.29) is 11.9 Å². The van der Waals surface area contributed by atoms with Crippen molar-refractivity contribution in [3.8, 4) is 0 Å². The zero-order valence-electron chi connectivity index (χ0n) is 9.69. The van der Waals surface area contributed by atoms with Gasteiger partial charge >= 0.3 is 0 Å². The summed E-state index contributed by atoms with van der Waals surface area (Å²) in [5, 5.41) is 0.728. The van der Waals surface area contributed by atoms with Crippen molar-refractivity contribution in [3.63, 3.8) is 0 Å². The minimum absolute atomic E-state index is 0.244. The Hall–Kier alpha value is -1.21. The molecule has 98 valence electrons. The molecule has 0 aliphatic carbocycles. The number of furan rings is 1. The van der Waals surface area contributed by atoms with Gasteiger partial charge in [0.25, 0.3) is 0 Å². The SMILES string of the molecule is NNC(c1cc2cc(F)ccc2o1)c1ccc(Br)s1. The molecule has 19 heavy (non-hydrogen) atoms. The van der Waals surface area contributed by atoms with Crippen LogP contribution in [0, 0.1) is 5.82 Å². The normalized spacial score (nSPS) is 13.0. The van der Waals surface area contributed by atoms with Gasteiger partial charge in [-0.2, -0.15) is 0 Å². The van der Waals surface area contributed by atoms with Crippen LogP contribution < -0.4 is 11.3 Å². The van der Waals surface area contributed by atoms with Crippen molar-refractivity contribution >= 4 is 38.2 Å². The number of rotatable bonds is 3. The maximum absolute atomic E-state index is 13.2. The Bertz CT molecular complexity index is 724. The molecular formula is C13H10BrFN2OS. The van der Waals surface area contributed by atoms with E-state index in [1.807, 2.05) is 12.1 Å². The zero-order valence-corrected chi connectivity index (χ0v) is 12.1. The fourth-order valence-corrected chi connectivity index (χ4v) is 3.46. The molecule has 6 heteroatoms. The van der Waals surface area contributed by atoms with Gasteiger partial charge in [0, 0.05) is 10.3 Å². The van der Waals surface area contributed by atoms with E-state index in [9.17, 15) is 4.39 Å².